The molecular formula is C32H32N2O4. The Morgan fingerprint density at radius 3 is 2.55 bits per heavy atom. The van der Waals surface area contributed by atoms with Crippen molar-refractivity contribution in [1.82, 2.24) is 10.3 Å². The number of carbonyl (C=O) groups excluding carboxylic acids is 2. The molecule has 0 atom stereocenters. The maximum absolute atomic E-state index is 13.4. The number of rotatable bonds is 6. The molecule has 2 heterocycles. The topological polar surface area (TPSA) is 81.4 Å². The van der Waals surface area contributed by atoms with Crippen LogP contribution in [0.2, 0.25) is 0 Å². The van der Waals surface area contributed by atoms with E-state index in [4.69, 9.17) is 14.1 Å². The zero-order chi connectivity index (χ0) is 26.7. The van der Waals surface area contributed by atoms with Crippen LogP contribution in [0.25, 0.3) is 22.6 Å². The van der Waals surface area contributed by atoms with E-state index in [9.17, 15) is 9.59 Å². The lowest BCUT2D eigenvalue weighted by Gasteiger charge is -2.23. The second kappa shape index (κ2) is 10.7. The third-order valence-electron chi connectivity index (χ3n) is 6.87. The van der Waals surface area contributed by atoms with Gasteiger partial charge < -0.3 is 14.5 Å². The number of ether oxygens (including phenoxy) is 1. The van der Waals surface area contributed by atoms with Crippen molar-refractivity contribution in [1.29, 1.82) is 0 Å². The first-order valence-corrected chi connectivity index (χ1v) is 13.0. The molecule has 1 amide bonds. The van der Waals surface area contributed by atoms with Crippen molar-refractivity contribution < 1.29 is 18.7 Å². The maximum atomic E-state index is 13.4. The number of fused-ring (bicyclic) bond motifs is 2. The van der Waals surface area contributed by atoms with Crippen molar-refractivity contribution in [2.45, 2.75) is 52.0 Å². The zero-order valence-corrected chi connectivity index (χ0v) is 22.0. The summed E-state index contributed by atoms with van der Waals surface area (Å²) in [5, 5.41) is 3.45. The smallest absolute Gasteiger partial charge is 0.339 e. The second-order valence-corrected chi connectivity index (χ2v) is 10.7. The predicted molar refractivity (Wildman–Crippen MR) is 149 cm³/mol. The number of aromatic nitrogens is 1. The highest BCUT2D eigenvalue weighted by Crippen LogP contribution is 2.36. The molecule has 2 aromatic heterocycles. The van der Waals surface area contributed by atoms with Gasteiger partial charge in [-0.05, 0) is 71.2 Å². The highest BCUT2D eigenvalue weighted by atomic mass is 16.5. The van der Waals surface area contributed by atoms with Crippen LogP contribution in [0, 0.1) is 0 Å². The molecular weight excluding hydrogens is 476 g/mol. The number of esters is 1. The van der Waals surface area contributed by atoms with Gasteiger partial charge in [0.15, 0.2) is 6.61 Å². The summed E-state index contributed by atoms with van der Waals surface area (Å²) in [7, 11) is 0. The summed E-state index contributed by atoms with van der Waals surface area (Å²) in [4.78, 5) is 30.7. The van der Waals surface area contributed by atoms with Crippen LogP contribution in [0.3, 0.4) is 0 Å². The number of nitrogens with zero attached hydrogens (tertiary/aromatic N) is 1. The molecule has 0 saturated carbocycles. The zero-order valence-electron chi connectivity index (χ0n) is 22.0. The molecule has 0 saturated heterocycles. The van der Waals surface area contributed by atoms with E-state index in [0.717, 1.165) is 52.6 Å². The maximum Gasteiger partial charge on any atom is 0.339 e. The number of hydrogen-bond acceptors (Lipinski definition) is 5. The fraction of sp³-hybridized carbons (Fsp3) is 0.281. The molecule has 4 aromatic rings. The highest BCUT2D eigenvalue weighted by Gasteiger charge is 2.26. The third kappa shape index (κ3) is 5.54. The summed E-state index contributed by atoms with van der Waals surface area (Å²) < 4.78 is 10.7. The Hall–Kier alpha value is -4.19. The van der Waals surface area contributed by atoms with Crippen LogP contribution in [0.5, 0.6) is 0 Å². The lowest BCUT2D eigenvalue weighted by atomic mass is 9.85. The van der Waals surface area contributed by atoms with Crippen LogP contribution in [0.4, 0.5) is 0 Å². The van der Waals surface area contributed by atoms with Gasteiger partial charge in [-0.15, -0.1) is 0 Å². The third-order valence-corrected chi connectivity index (χ3v) is 6.87. The minimum absolute atomic E-state index is 0.0918. The minimum Gasteiger partial charge on any atom is -0.467 e. The van der Waals surface area contributed by atoms with Crippen LogP contribution in [-0.2, 0) is 27.9 Å². The van der Waals surface area contributed by atoms with Crippen LogP contribution in [0.15, 0.2) is 71.3 Å². The Labute approximate surface area is 222 Å². The first-order valence-electron chi connectivity index (χ1n) is 13.0. The number of carbonyl (C=O) groups is 2. The molecule has 6 heteroatoms. The van der Waals surface area contributed by atoms with E-state index in [0.29, 0.717) is 11.3 Å². The fourth-order valence-electron chi connectivity index (χ4n) is 4.84. The number of allylic oxidation sites excluding steroid dienone is 1. The molecule has 6 nitrogen and oxygen atoms in total. The number of amides is 1. The van der Waals surface area contributed by atoms with Gasteiger partial charge in [-0.1, -0.05) is 63.2 Å². The molecule has 5 rings (SSSR count). The number of furan rings is 1. The molecule has 1 N–H and O–H groups in total. The van der Waals surface area contributed by atoms with E-state index >= 15 is 0 Å². The van der Waals surface area contributed by atoms with Crippen molar-refractivity contribution in [2.24, 2.45) is 0 Å². The van der Waals surface area contributed by atoms with Gasteiger partial charge in [0.1, 0.15) is 5.76 Å². The second-order valence-electron chi connectivity index (χ2n) is 10.7. The van der Waals surface area contributed by atoms with E-state index in [-0.39, 0.29) is 24.5 Å². The van der Waals surface area contributed by atoms with Crippen molar-refractivity contribution in [3.8, 4) is 0 Å². The molecule has 0 spiro atoms. The quantitative estimate of drug-likeness (QED) is 0.302. The van der Waals surface area contributed by atoms with Crippen molar-refractivity contribution in [3.63, 3.8) is 0 Å². The molecule has 0 bridgehead atoms. The summed E-state index contributed by atoms with van der Waals surface area (Å²) in [6.45, 7) is 6.48. The normalized spacial score (nSPS) is 14.3. The predicted octanol–water partition coefficient (Wildman–Crippen LogP) is 6.48. The molecule has 0 fully saturated rings. The first-order chi connectivity index (χ1) is 18.3. The number of para-hydroxylation sites is 1. The molecule has 0 aliphatic heterocycles. The standard InChI is InChI=1S/C32H32N2O4/c1-32(2,3)23-15-13-21(14-16-23)18-22-8-6-11-26-29(25-10-4-5-12-27(25)34-30(22)26)31(36)38-20-28(35)33-19-24-9-7-17-37-24/h4-5,7,9-10,12-18H,6,8,11,19-20H2,1-3H3,(H,33,35)/b22-18+. The summed E-state index contributed by atoms with van der Waals surface area (Å²) >= 11 is 0. The highest BCUT2D eigenvalue weighted by molar-refractivity contribution is 6.07. The van der Waals surface area contributed by atoms with E-state index in [2.05, 4.69) is 56.4 Å². The molecule has 2 aromatic carbocycles. The Morgan fingerprint density at radius 2 is 1.82 bits per heavy atom. The van der Waals surface area contributed by atoms with E-state index < -0.39 is 5.97 Å². The monoisotopic (exact) mass is 508 g/mol. The summed E-state index contributed by atoms with van der Waals surface area (Å²) in [5.74, 6) is -0.267. The van der Waals surface area contributed by atoms with Crippen molar-refractivity contribution >= 4 is 34.4 Å². The largest absolute Gasteiger partial charge is 0.467 e. The van der Waals surface area contributed by atoms with E-state index in [1.165, 1.54) is 5.56 Å². The summed E-state index contributed by atoms with van der Waals surface area (Å²) in [5.41, 5.74) is 6.53. The van der Waals surface area contributed by atoms with E-state index in [1.807, 2.05) is 24.3 Å². The van der Waals surface area contributed by atoms with Gasteiger partial charge in [-0.2, -0.15) is 0 Å². The summed E-state index contributed by atoms with van der Waals surface area (Å²) in [6, 6.07) is 19.7. The molecule has 194 valence electrons. The van der Waals surface area contributed by atoms with Gasteiger partial charge in [0.05, 0.1) is 29.6 Å². The van der Waals surface area contributed by atoms with Gasteiger partial charge >= 0.3 is 5.97 Å². The van der Waals surface area contributed by atoms with Gasteiger partial charge in [0, 0.05) is 5.39 Å². The van der Waals surface area contributed by atoms with Crippen LogP contribution >= 0.6 is 0 Å². The molecule has 1 aliphatic rings. The number of nitrogens with one attached hydrogen (secondary N) is 1. The van der Waals surface area contributed by atoms with E-state index in [1.54, 1.807) is 18.4 Å². The van der Waals surface area contributed by atoms with Crippen LogP contribution in [0.1, 0.15) is 72.1 Å². The minimum atomic E-state index is -0.510. The van der Waals surface area contributed by atoms with Gasteiger partial charge in [-0.25, -0.2) is 9.78 Å². The lowest BCUT2D eigenvalue weighted by molar-refractivity contribution is -0.124. The molecule has 0 unspecified atom stereocenters. The average molecular weight is 509 g/mol. The average Bonchev–Trinajstić information content (AvgIpc) is 3.43. The lowest BCUT2D eigenvalue weighted by Crippen LogP contribution is -2.28. The van der Waals surface area contributed by atoms with Crippen LogP contribution in [-0.4, -0.2) is 23.5 Å². The van der Waals surface area contributed by atoms with Gasteiger partial charge in [0.25, 0.3) is 5.91 Å². The molecule has 0 radical (unpaired) electrons. The van der Waals surface area contributed by atoms with Crippen LogP contribution < -0.4 is 5.32 Å². The molecule has 1 aliphatic carbocycles. The van der Waals surface area contributed by atoms with Crippen molar-refractivity contribution in [3.05, 3.63) is 101 Å². The SMILES string of the molecule is CC(C)(C)c1ccc(/C=C2\CCCc3c2nc2ccccc2c3C(=O)OCC(=O)NCc2ccco2)cc1. The Bertz CT molecular complexity index is 1490. The number of pyridine rings is 1. The fourth-order valence-corrected chi connectivity index (χ4v) is 4.84. The number of hydrogen-bond donors (Lipinski definition) is 1. The first kappa shape index (κ1) is 25.5. The van der Waals surface area contributed by atoms with Crippen molar-refractivity contribution in [2.75, 3.05) is 6.61 Å². The Balaban J connectivity index is 1.43. The Morgan fingerprint density at radius 1 is 1.03 bits per heavy atom. The number of benzene rings is 2. The van der Waals surface area contributed by atoms with Gasteiger partial charge in [0.2, 0.25) is 0 Å². The van der Waals surface area contributed by atoms with Gasteiger partial charge in [-0.3, -0.25) is 4.79 Å². The molecule has 38 heavy (non-hydrogen) atoms. The Kier molecular flexibility index (Phi) is 7.14. The summed E-state index contributed by atoms with van der Waals surface area (Å²) in [6.07, 6.45) is 6.22.